The third-order valence-electron chi connectivity index (χ3n) is 1.97. The highest BCUT2D eigenvalue weighted by atomic mass is 35.5. The summed E-state index contributed by atoms with van der Waals surface area (Å²) in [6.45, 7) is -0.343. The maximum Gasteiger partial charge on any atom is 0.257 e. The largest absolute Gasteiger partial charge is 0.312 e. The molecular weight excluding hydrogens is 261 g/mol. The van der Waals surface area contributed by atoms with Crippen molar-refractivity contribution in [2.45, 2.75) is 0 Å². The molecule has 6 heteroatoms. The van der Waals surface area contributed by atoms with Crippen LogP contribution >= 0.6 is 23.2 Å². The van der Waals surface area contributed by atoms with Gasteiger partial charge in [-0.1, -0.05) is 23.2 Å². The van der Waals surface area contributed by atoms with Crippen LogP contribution in [0.25, 0.3) is 0 Å². The van der Waals surface area contributed by atoms with Crippen LogP contribution < -0.4 is 0 Å². The molecule has 0 atom stereocenters. The second kappa shape index (κ2) is 6.10. The summed E-state index contributed by atoms with van der Waals surface area (Å²) in [5.74, 6) is -0.486. The molecule has 0 radical (unpaired) electrons. The smallest absolute Gasteiger partial charge is 0.257 e. The fraction of sp³-hybridized carbons (Fsp3) is 0.182. The number of nitrogens with zero attached hydrogens (tertiary/aromatic N) is 3. The number of carbonyl (C=O) groups is 1. The maximum absolute atomic E-state index is 12.0. The molecule has 1 aromatic rings. The molecule has 0 saturated heterocycles. The van der Waals surface area contributed by atoms with Crippen molar-refractivity contribution in [2.75, 3.05) is 13.1 Å². The highest BCUT2D eigenvalue weighted by Crippen LogP contribution is 2.21. The van der Waals surface area contributed by atoms with Gasteiger partial charge in [0.2, 0.25) is 0 Å². The minimum Gasteiger partial charge on any atom is -0.312 e. The molecule has 0 aliphatic carbocycles. The van der Waals surface area contributed by atoms with Gasteiger partial charge in [0.05, 0.1) is 22.7 Å². The molecule has 0 unspecified atom stereocenters. The first-order valence-corrected chi connectivity index (χ1v) is 5.34. The van der Waals surface area contributed by atoms with E-state index in [9.17, 15) is 4.79 Å². The van der Waals surface area contributed by atoms with E-state index in [2.05, 4.69) is 0 Å². The SMILES string of the molecule is N#CCN(CC#N)C(=O)c1cc(Cl)ccc1Cl. The number of hydrogen-bond acceptors (Lipinski definition) is 3. The van der Waals surface area contributed by atoms with Crippen molar-refractivity contribution < 1.29 is 4.79 Å². The molecule has 0 bridgehead atoms. The summed E-state index contributed by atoms with van der Waals surface area (Å²) in [6, 6.07) is 8.09. The Labute approximate surface area is 109 Å². The van der Waals surface area contributed by atoms with Crippen molar-refractivity contribution >= 4 is 29.1 Å². The Morgan fingerprint density at radius 1 is 1.24 bits per heavy atom. The van der Waals surface area contributed by atoms with Gasteiger partial charge in [-0.2, -0.15) is 10.5 Å². The van der Waals surface area contributed by atoms with Crippen molar-refractivity contribution in [2.24, 2.45) is 0 Å². The molecule has 0 saturated carbocycles. The van der Waals surface area contributed by atoms with Gasteiger partial charge in [-0.25, -0.2) is 0 Å². The van der Waals surface area contributed by atoms with E-state index in [0.29, 0.717) is 5.02 Å². The Morgan fingerprint density at radius 3 is 2.35 bits per heavy atom. The van der Waals surface area contributed by atoms with Crippen LogP contribution in [0, 0.1) is 22.7 Å². The molecule has 0 spiro atoms. The summed E-state index contributed by atoms with van der Waals surface area (Å²) in [5.41, 5.74) is 0.185. The highest BCUT2D eigenvalue weighted by Gasteiger charge is 2.18. The van der Waals surface area contributed by atoms with Crippen molar-refractivity contribution in [3.63, 3.8) is 0 Å². The van der Waals surface area contributed by atoms with Crippen molar-refractivity contribution in [1.29, 1.82) is 10.5 Å². The summed E-state index contributed by atoms with van der Waals surface area (Å²) in [7, 11) is 0. The molecule has 1 rings (SSSR count). The molecule has 0 fully saturated rings. The zero-order chi connectivity index (χ0) is 12.8. The Balaban J connectivity index is 3.06. The van der Waals surface area contributed by atoms with Crippen LogP contribution in [0.4, 0.5) is 0 Å². The number of carbonyl (C=O) groups excluding carboxylic acids is 1. The number of amides is 1. The molecule has 0 aromatic heterocycles. The van der Waals surface area contributed by atoms with E-state index in [1.165, 1.54) is 12.1 Å². The Kier molecular flexibility index (Phi) is 4.78. The number of benzene rings is 1. The Hall–Kier alpha value is -1.75. The van der Waals surface area contributed by atoms with Gasteiger partial charge in [0, 0.05) is 5.02 Å². The van der Waals surface area contributed by atoms with Crippen LogP contribution in [0.2, 0.25) is 10.0 Å². The van der Waals surface area contributed by atoms with Crippen LogP contribution in [0.3, 0.4) is 0 Å². The van der Waals surface area contributed by atoms with E-state index in [0.717, 1.165) is 4.90 Å². The standard InChI is InChI=1S/C11H7Cl2N3O/c12-8-1-2-10(13)9(7-8)11(17)16(5-3-14)6-4-15/h1-2,7H,5-6H2. The van der Waals surface area contributed by atoms with Crippen molar-refractivity contribution in [1.82, 2.24) is 4.90 Å². The quantitative estimate of drug-likeness (QED) is 0.791. The average molecular weight is 268 g/mol. The molecule has 0 heterocycles. The highest BCUT2D eigenvalue weighted by molar-refractivity contribution is 6.35. The third kappa shape index (κ3) is 3.35. The van der Waals surface area contributed by atoms with Gasteiger partial charge >= 0.3 is 0 Å². The minimum atomic E-state index is -0.486. The van der Waals surface area contributed by atoms with Gasteiger partial charge in [0.15, 0.2) is 0 Å². The summed E-state index contributed by atoms with van der Waals surface area (Å²) < 4.78 is 0. The lowest BCUT2D eigenvalue weighted by atomic mass is 10.2. The fourth-order valence-corrected chi connectivity index (χ4v) is 1.57. The molecule has 1 aromatic carbocycles. The molecule has 86 valence electrons. The number of halogens is 2. The zero-order valence-electron chi connectivity index (χ0n) is 8.65. The molecule has 1 amide bonds. The molecule has 0 aliphatic heterocycles. The average Bonchev–Trinajstić information content (AvgIpc) is 2.31. The minimum absolute atomic E-state index is 0.171. The molecule has 0 aliphatic rings. The summed E-state index contributed by atoms with van der Waals surface area (Å²) in [6.07, 6.45) is 0. The second-order valence-electron chi connectivity index (χ2n) is 3.10. The van der Waals surface area contributed by atoms with Crippen LogP contribution in [-0.2, 0) is 0 Å². The van der Waals surface area contributed by atoms with Crippen LogP contribution in [0.1, 0.15) is 10.4 Å². The van der Waals surface area contributed by atoms with Crippen molar-refractivity contribution in [3.05, 3.63) is 33.8 Å². The molecule has 4 nitrogen and oxygen atoms in total. The van der Waals surface area contributed by atoms with E-state index >= 15 is 0 Å². The summed E-state index contributed by atoms with van der Waals surface area (Å²) in [5, 5.41) is 17.7. The number of rotatable bonds is 3. The lowest BCUT2D eigenvalue weighted by Gasteiger charge is -2.16. The lowest BCUT2D eigenvalue weighted by Crippen LogP contribution is -2.32. The molecular formula is C11H7Cl2N3O. The topological polar surface area (TPSA) is 67.9 Å². The molecule has 0 N–H and O–H groups in total. The van der Waals surface area contributed by atoms with E-state index in [1.54, 1.807) is 6.07 Å². The normalized spacial score (nSPS) is 9.18. The number of nitriles is 2. The molecule has 17 heavy (non-hydrogen) atoms. The second-order valence-corrected chi connectivity index (χ2v) is 3.95. The van der Waals surface area contributed by atoms with Crippen LogP contribution in [-0.4, -0.2) is 23.9 Å². The zero-order valence-corrected chi connectivity index (χ0v) is 10.2. The first kappa shape index (κ1) is 13.3. The first-order chi connectivity index (χ1) is 8.10. The monoisotopic (exact) mass is 267 g/mol. The lowest BCUT2D eigenvalue weighted by molar-refractivity contribution is 0.0795. The van der Waals surface area contributed by atoms with Gasteiger partial charge in [-0.05, 0) is 18.2 Å². The van der Waals surface area contributed by atoms with Gasteiger partial charge in [0.1, 0.15) is 13.1 Å². The van der Waals surface area contributed by atoms with E-state index < -0.39 is 5.91 Å². The predicted octanol–water partition coefficient (Wildman–Crippen LogP) is 2.48. The van der Waals surface area contributed by atoms with Crippen molar-refractivity contribution in [3.8, 4) is 12.1 Å². The van der Waals surface area contributed by atoms with Gasteiger partial charge < -0.3 is 4.90 Å². The van der Waals surface area contributed by atoms with E-state index in [4.69, 9.17) is 33.7 Å². The predicted molar refractivity (Wildman–Crippen MR) is 63.6 cm³/mol. The first-order valence-electron chi connectivity index (χ1n) is 4.58. The van der Waals surface area contributed by atoms with E-state index in [-0.39, 0.29) is 23.7 Å². The van der Waals surface area contributed by atoms with E-state index in [1.807, 2.05) is 12.1 Å². The summed E-state index contributed by atoms with van der Waals surface area (Å²) in [4.78, 5) is 13.1. The van der Waals surface area contributed by atoms with Gasteiger partial charge in [0.25, 0.3) is 5.91 Å². The number of hydrogen-bond donors (Lipinski definition) is 0. The maximum atomic E-state index is 12.0. The summed E-state index contributed by atoms with van der Waals surface area (Å²) >= 11 is 11.6. The van der Waals surface area contributed by atoms with Crippen LogP contribution in [0.5, 0.6) is 0 Å². The van der Waals surface area contributed by atoms with Gasteiger partial charge in [-0.15, -0.1) is 0 Å². The fourth-order valence-electron chi connectivity index (χ4n) is 1.20. The Morgan fingerprint density at radius 2 is 1.82 bits per heavy atom. The third-order valence-corrected chi connectivity index (χ3v) is 2.53. The van der Waals surface area contributed by atoms with Gasteiger partial charge in [-0.3, -0.25) is 4.79 Å². The Bertz CT molecular complexity index is 500. The van der Waals surface area contributed by atoms with Crippen LogP contribution in [0.15, 0.2) is 18.2 Å².